The molecule has 0 amide bonds. The van der Waals surface area contributed by atoms with Gasteiger partial charge < -0.3 is 0 Å². The third-order valence-corrected chi connectivity index (χ3v) is 1.87. The van der Waals surface area contributed by atoms with Gasteiger partial charge in [-0.05, 0) is 0 Å². The largest absolute Gasteiger partial charge is 0.271 e. The highest BCUT2D eigenvalue weighted by Gasteiger charge is 2.17. The van der Waals surface area contributed by atoms with E-state index in [0.717, 1.165) is 0 Å². The van der Waals surface area contributed by atoms with Gasteiger partial charge in [-0.15, -0.1) is 10.2 Å². The Morgan fingerprint density at radius 2 is 1.47 bits per heavy atom. The maximum Gasteiger partial charge on any atom is 0.271 e. The standard InChI is InChI=1S/C10H5F3N2/c11-7-8(12)10(13)15-14-9(7)6-4-2-1-3-5-6/h1-5H. The molecule has 1 heterocycles. The predicted octanol–water partition coefficient (Wildman–Crippen LogP) is 2.56. The molecule has 0 fully saturated rings. The third kappa shape index (κ3) is 1.68. The molecule has 0 aliphatic carbocycles. The minimum absolute atomic E-state index is 0.297. The first-order valence-corrected chi connectivity index (χ1v) is 4.12. The smallest absolute Gasteiger partial charge is 0.201 e. The number of hydrogen-bond acceptors (Lipinski definition) is 2. The lowest BCUT2D eigenvalue weighted by Crippen LogP contribution is -2.01. The van der Waals surface area contributed by atoms with Crippen LogP contribution in [0.1, 0.15) is 0 Å². The molecule has 0 aliphatic heterocycles. The molecule has 0 unspecified atom stereocenters. The average Bonchev–Trinajstić information content (AvgIpc) is 2.27. The molecule has 2 nitrogen and oxygen atoms in total. The molecule has 15 heavy (non-hydrogen) atoms. The van der Waals surface area contributed by atoms with Gasteiger partial charge in [0.1, 0.15) is 5.69 Å². The van der Waals surface area contributed by atoms with E-state index in [1.165, 1.54) is 12.1 Å². The van der Waals surface area contributed by atoms with E-state index >= 15 is 0 Å². The summed E-state index contributed by atoms with van der Waals surface area (Å²) in [5.41, 5.74) is 0.0518. The zero-order chi connectivity index (χ0) is 10.8. The monoisotopic (exact) mass is 210 g/mol. The lowest BCUT2D eigenvalue weighted by molar-refractivity contribution is 0.415. The van der Waals surface area contributed by atoms with Gasteiger partial charge in [-0.1, -0.05) is 30.3 Å². The first kappa shape index (κ1) is 9.64. The normalized spacial score (nSPS) is 10.3. The topological polar surface area (TPSA) is 25.8 Å². The van der Waals surface area contributed by atoms with E-state index in [4.69, 9.17) is 0 Å². The summed E-state index contributed by atoms with van der Waals surface area (Å²) in [5.74, 6) is -4.47. The summed E-state index contributed by atoms with van der Waals surface area (Å²) < 4.78 is 38.5. The second-order valence-electron chi connectivity index (χ2n) is 2.83. The molecule has 1 aromatic carbocycles. The van der Waals surface area contributed by atoms with Crippen LogP contribution in [0.5, 0.6) is 0 Å². The van der Waals surface area contributed by atoms with Gasteiger partial charge in [-0.3, -0.25) is 0 Å². The maximum absolute atomic E-state index is 13.2. The van der Waals surface area contributed by atoms with Gasteiger partial charge in [0, 0.05) is 5.56 Å². The molecule has 0 radical (unpaired) electrons. The zero-order valence-electron chi connectivity index (χ0n) is 7.42. The minimum Gasteiger partial charge on any atom is -0.201 e. The van der Waals surface area contributed by atoms with Gasteiger partial charge in [0.25, 0.3) is 5.95 Å². The molecule has 0 aliphatic rings. The Balaban J connectivity index is 2.60. The van der Waals surface area contributed by atoms with Crippen LogP contribution in [-0.4, -0.2) is 10.2 Å². The van der Waals surface area contributed by atoms with E-state index < -0.39 is 17.6 Å². The number of rotatable bonds is 1. The fourth-order valence-electron chi connectivity index (χ4n) is 1.16. The van der Waals surface area contributed by atoms with Crippen LogP contribution in [0.2, 0.25) is 0 Å². The highest BCUT2D eigenvalue weighted by molar-refractivity contribution is 5.58. The van der Waals surface area contributed by atoms with Crippen molar-refractivity contribution >= 4 is 0 Å². The molecule has 0 bridgehead atoms. The van der Waals surface area contributed by atoms with Gasteiger partial charge in [-0.2, -0.15) is 8.78 Å². The third-order valence-electron chi connectivity index (χ3n) is 1.87. The van der Waals surface area contributed by atoms with E-state index in [2.05, 4.69) is 10.2 Å². The molecule has 0 N–H and O–H groups in total. The van der Waals surface area contributed by atoms with Crippen molar-refractivity contribution in [1.82, 2.24) is 10.2 Å². The number of benzene rings is 1. The SMILES string of the molecule is Fc1nnc(-c2ccccc2)c(F)c1F. The number of hydrogen-bond donors (Lipinski definition) is 0. The summed E-state index contributed by atoms with van der Waals surface area (Å²) in [5, 5.41) is 6.15. The second-order valence-corrected chi connectivity index (χ2v) is 2.83. The van der Waals surface area contributed by atoms with Crippen molar-refractivity contribution in [3.8, 4) is 11.3 Å². The van der Waals surface area contributed by atoms with Crippen molar-refractivity contribution in [2.75, 3.05) is 0 Å². The van der Waals surface area contributed by atoms with Crippen molar-refractivity contribution in [1.29, 1.82) is 0 Å². The van der Waals surface area contributed by atoms with Crippen LogP contribution in [0.15, 0.2) is 30.3 Å². The van der Waals surface area contributed by atoms with Crippen molar-refractivity contribution in [3.63, 3.8) is 0 Å². The van der Waals surface area contributed by atoms with E-state index in [1.807, 2.05) is 0 Å². The van der Waals surface area contributed by atoms with Crippen LogP contribution >= 0.6 is 0 Å². The lowest BCUT2D eigenvalue weighted by atomic mass is 10.1. The molecular formula is C10H5F3N2. The first-order valence-electron chi connectivity index (χ1n) is 4.12. The molecule has 1 aromatic heterocycles. The quantitative estimate of drug-likeness (QED) is 0.722. The minimum atomic E-state index is -1.61. The Kier molecular flexibility index (Phi) is 2.37. The van der Waals surface area contributed by atoms with Gasteiger partial charge in [0.15, 0.2) is 5.82 Å². The zero-order valence-corrected chi connectivity index (χ0v) is 7.42. The summed E-state index contributed by atoms with van der Waals surface area (Å²) in [7, 11) is 0. The lowest BCUT2D eigenvalue weighted by Gasteiger charge is -2.01. The van der Waals surface area contributed by atoms with Crippen LogP contribution in [-0.2, 0) is 0 Å². The van der Waals surface area contributed by atoms with Crippen molar-refractivity contribution in [2.45, 2.75) is 0 Å². The molecule has 2 aromatic rings. The molecule has 0 spiro atoms. The fraction of sp³-hybridized carbons (Fsp3) is 0. The Labute approximate surface area is 83.4 Å². The highest BCUT2D eigenvalue weighted by Crippen LogP contribution is 2.21. The number of halogens is 3. The van der Waals surface area contributed by atoms with Crippen LogP contribution in [0.4, 0.5) is 13.2 Å². The fourth-order valence-corrected chi connectivity index (χ4v) is 1.16. The molecule has 0 saturated carbocycles. The average molecular weight is 210 g/mol. The summed E-state index contributed by atoms with van der Waals surface area (Å²) >= 11 is 0. The molecule has 76 valence electrons. The van der Waals surface area contributed by atoms with E-state index in [0.29, 0.717) is 5.56 Å². The van der Waals surface area contributed by atoms with Crippen molar-refractivity contribution < 1.29 is 13.2 Å². The van der Waals surface area contributed by atoms with E-state index in [9.17, 15) is 13.2 Å². The summed E-state index contributed by atoms with van der Waals surface area (Å²) in [6.45, 7) is 0. The summed E-state index contributed by atoms with van der Waals surface area (Å²) in [6.07, 6.45) is 0. The molecular weight excluding hydrogens is 205 g/mol. The Hall–Kier alpha value is -1.91. The van der Waals surface area contributed by atoms with E-state index in [-0.39, 0.29) is 5.69 Å². The van der Waals surface area contributed by atoms with Crippen LogP contribution in [0.3, 0.4) is 0 Å². The van der Waals surface area contributed by atoms with Crippen LogP contribution < -0.4 is 0 Å². The Morgan fingerprint density at radius 1 is 0.800 bits per heavy atom. The van der Waals surface area contributed by atoms with Crippen LogP contribution in [0.25, 0.3) is 11.3 Å². The summed E-state index contributed by atoms with van der Waals surface area (Å²) in [4.78, 5) is 0. The first-order chi connectivity index (χ1) is 7.20. The maximum atomic E-state index is 13.2. The highest BCUT2D eigenvalue weighted by atomic mass is 19.2. The number of nitrogens with zero attached hydrogens (tertiary/aromatic N) is 2. The van der Waals surface area contributed by atoms with Crippen molar-refractivity contribution in [3.05, 3.63) is 47.9 Å². The van der Waals surface area contributed by atoms with Gasteiger partial charge in [0.05, 0.1) is 0 Å². The van der Waals surface area contributed by atoms with Gasteiger partial charge >= 0.3 is 0 Å². The van der Waals surface area contributed by atoms with Crippen LogP contribution in [0, 0.1) is 17.6 Å². The van der Waals surface area contributed by atoms with Gasteiger partial charge in [0.2, 0.25) is 5.82 Å². The van der Waals surface area contributed by atoms with E-state index in [1.54, 1.807) is 18.2 Å². The summed E-state index contributed by atoms with van der Waals surface area (Å²) in [6, 6.07) is 8.05. The second kappa shape index (κ2) is 3.68. The predicted molar refractivity (Wildman–Crippen MR) is 47.3 cm³/mol. The molecule has 0 atom stereocenters. The Bertz CT molecular complexity index is 486. The Morgan fingerprint density at radius 3 is 2.13 bits per heavy atom. The van der Waals surface area contributed by atoms with Gasteiger partial charge in [-0.25, -0.2) is 4.39 Å². The molecule has 2 rings (SSSR count). The number of aromatic nitrogens is 2. The molecule has 5 heteroatoms. The van der Waals surface area contributed by atoms with Crippen molar-refractivity contribution in [2.24, 2.45) is 0 Å². The molecule has 0 saturated heterocycles.